The molecule has 0 atom stereocenters. The third kappa shape index (κ3) is 5.12. The molecule has 0 unspecified atom stereocenters. The Morgan fingerprint density at radius 3 is 1.46 bits per heavy atom. The standard InChI is InChI=1S/C53H34N2S/c1-3-16-35(17-4-1)48-34-49(55-52(54-48)36-18-5-2-6-19-36)39-21-15-20-37(32-39)40-22-7-8-23-41(40)38-30-31-51-47(33-38)53(46-28-13-14-29-50(46)56-51)44-26-11-9-24-42(44)43-25-10-12-27-45(43)53/h1-34H. The Morgan fingerprint density at radius 2 is 0.786 bits per heavy atom. The third-order valence-corrected chi connectivity index (χ3v) is 12.5. The predicted molar refractivity (Wildman–Crippen MR) is 231 cm³/mol. The minimum Gasteiger partial charge on any atom is -0.228 e. The molecule has 1 aliphatic carbocycles. The van der Waals surface area contributed by atoms with E-state index in [4.69, 9.17) is 9.97 Å². The van der Waals surface area contributed by atoms with Gasteiger partial charge in [0.25, 0.3) is 0 Å². The molecule has 1 aromatic heterocycles. The molecule has 1 spiro atoms. The molecule has 0 radical (unpaired) electrons. The first-order valence-electron chi connectivity index (χ1n) is 19.1. The number of nitrogens with zero attached hydrogens (tertiary/aromatic N) is 2. The number of fused-ring (bicyclic) bond motifs is 9. The fraction of sp³-hybridized carbons (Fsp3) is 0.0189. The van der Waals surface area contributed by atoms with Crippen LogP contribution in [-0.4, -0.2) is 9.97 Å². The summed E-state index contributed by atoms with van der Waals surface area (Å²) in [4.78, 5) is 12.8. The van der Waals surface area contributed by atoms with Crippen LogP contribution in [0.4, 0.5) is 0 Å². The van der Waals surface area contributed by atoms with Crippen molar-refractivity contribution in [1.29, 1.82) is 0 Å². The van der Waals surface area contributed by atoms with Gasteiger partial charge in [-0.15, -0.1) is 0 Å². The molecule has 0 amide bonds. The molecule has 2 heterocycles. The Bertz CT molecular complexity index is 2850. The second-order valence-corrected chi connectivity index (χ2v) is 15.6. The van der Waals surface area contributed by atoms with Crippen molar-refractivity contribution in [3.8, 4) is 67.3 Å². The monoisotopic (exact) mass is 730 g/mol. The molecule has 8 aromatic carbocycles. The van der Waals surface area contributed by atoms with Crippen LogP contribution in [0, 0.1) is 0 Å². The van der Waals surface area contributed by atoms with E-state index in [0.29, 0.717) is 5.82 Å². The molecule has 0 saturated carbocycles. The largest absolute Gasteiger partial charge is 0.228 e. The lowest BCUT2D eigenvalue weighted by molar-refractivity contribution is 0.723. The van der Waals surface area contributed by atoms with Gasteiger partial charge in [-0.1, -0.05) is 188 Å². The highest BCUT2D eigenvalue weighted by atomic mass is 32.2. The summed E-state index contributed by atoms with van der Waals surface area (Å²) in [6.07, 6.45) is 0. The van der Waals surface area contributed by atoms with Crippen LogP contribution in [0.1, 0.15) is 22.3 Å². The van der Waals surface area contributed by atoms with E-state index < -0.39 is 5.41 Å². The molecule has 2 nitrogen and oxygen atoms in total. The SMILES string of the molecule is c1ccc(-c2cc(-c3cccc(-c4ccccc4-c4ccc5c(c4)C4(c6ccccc6S5)c5ccccc5-c5ccccc54)c3)nc(-c3ccccc3)n2)cc1. The van der Waals surface area contributed by atoms with E-state index in [1.54, 1.807) is 0 Å². The van der Waals surface area contributed by atoms with Gasteiger partial charge < -0.3 is 0 Å². The van der Waals surface area contributed by atoms with Crippen LogP contribution >= 0.6 is 11.8 Å². The highest BCUT2D eigenvalue weighted by Gasteiger charge is 2.50. The van der Waals surface area contributed by atoms with E-state index in [1.165, 1.54) is 59.9 Å². The first-order chi connectivity index (χ1) is 27.8. The number of rotatable bonds is 5. The maximum absolute atomic E-state index is 5.15. The molecule has 2 aliphatic rings. The Hall–Kier alpha value is -6.81. The van der Waals surface area contributed by atoms with Gasteiger partial charge in [0, 0.05) is 26.5 Å². The van der Waals surface area contributed by atoms with Gasteiger partial charge in [0.05, 0.1) is 16.8 Å². The Kier molecular flexibility index (Phi) is 7.68. The molecular formula is C53H34N2S. The molecule has 0 N–H and O–H groups in total. The summed E-state index contributed by atoms with van der Waals surface area (Å²) in [5.41, 5.74) is 17.2. The summed E-state index contributed by atoms with van der Waals surface area (Å²) in [5, 5.41) is 0. The molecule has 262 valence electrons. The number of aromatic nitrogens is 2. The first-order valence-corrected chi connectivity index (χ1v) is 19.9. The summed E-state index contributed by atoms with van der Waals surface area (Å²) in [7, 11) is 0. The molecule has 56 heavy (non-hydrogen) atoms. The zero-order chi connectivity index (χ0) is 37.1. The second-order valence-electron chi connectivity index (χ2n) is 14.5. The molecule has 0 saturated heterocycles. The zero-order valence-electron chi connectivity index (χ0n) is 30.4. The van der Waals surface area contributed by atoms with Crippen molar-refractivity contribution < 1.29 is 0 Å². The van der Waals surface area contributed by atoms with Gasteiger partial charge in [-0.3, -0.25) is 0 Å². The van der Waals surface area contributed by atoms with Crippen molar-refractivity contribution >= 4 is 11.8 Å². The normalized spacial score (nSPS) is 13.1. The molecule has 11 rings (SSSR count). The third-order valence-electron chi connectivity index (χ3n) is 11.4. The van der Waals surface area contributed by atoms with E-state index in [0.717, 1.165) is 33.6 Å². The van der Waals surface area contributed by atoms with Gasteiger partial charge in [0.2, 0.25) is 0 Å². The van der Waals surface area contributed by atoms with Crippen LogP contribution in [0.3, 0.4) is 0 Å². The van der Waals surface area contributed by atoms with Crippen molar-refractivity contribution in [2.75, 3.05) is 0 Å². The number of hydrogen-bond acceptors (Lipinski definition) is 3. The molecule has 0 fully saturated rings. The van der Waals surface area contributed by atoms with E-state index in [1.807, 2.05) is 36.0 Å². The maximum Gasteiger partial charge on any atom is 0.160 e. The van der Waals surface area contributed by atoms with Crippen LogP contribution in [0.5, 0.6) is 0 Å². The average Bonchev–Trinajstić information content (AvgIpc) is 3.57. The Labute approximate surface area is 331 Å². The van der Waals surface area contributed by atoms with Crippen LogP contribution in [-0.2, 0) is 5.41 Å². The second kappa shape index (κ2) is 13.2. The highest BCUT2D eigenvalue weighted by Crippen LogP contribution is 2.62. The van der Waals surface area contributed by atoms with Crippen molar-refractivity contribution in [2.24, 2.45) is 0 Å². The predicted octanol–water partition coefficient (Wildman–Crippen LogP) is 13.6. The first kappa shape index (κ1) is 32.6. The van der Waals surface area contributed by atoms with E-state index in [9.17, 15) is 0 Å². The van der Waals surface area contributed by atoms with Crippen molar-refractivity contribution in [2.45, 2.75) is 15.2 Å². The molecular weight excluding hydrogens is 697 g/mol. The van der Waals surface area contributed by atoms with Gasteiger partial charge in [0.15, 0.2) is 5.82 Å². The van der Waals surface area contributed by atoms with Gasteiger partial charge in [0.1, 0.15) is 0 Å². The molecule has 1 aliphatic heterocycles. The number of hydrogen-bond donors (Lipinski definition) is 0. The van der Waals surface area contributed by atoms with Crippen molar-refractivity contribution in [1.82, 2.24) is 9.97 Å². The lowest BCUT2D eigenvalue weighted by atomic mass is 9.67. The van der Waals surface area contributed by atoms with Crippen LogP contribution < -0.4 is 0 Å². The lowest BCUT2D eigenvalue weighted by Gasteiger charge is -2.40. The average molecular weight is 731 g/mol. The number of benzene rings is 8. The lowest BCUT2D eigenvalue weighted by Crippen LogP contribution is -2.32. The summed E-state index contributed by atoms with van der Waals surface area (Å²) in [6.45, 7) is 0. The molecule has 0 bridgehead atoms. The summed E-state index contributed by atoms with van der Waals surface area (Å²) in [5.74, 6) is 0.713. The van der Waals surface area contributed by atoms with Gasteiger partial charge in [-0.2, -0.15) is 0 Å². The topological polar surface area (TPSA) is 25.8 Å². The van der Waals surface area contributed by atoms with Crippen molar-refractivity contribution in [3.05, 3.63) is 229 Å². The van der Waals surface area contributed by atoms with E-state index >= 15 is 0 Å². The summed E-state index contributed by atoms with van der Waals surface area (Å²) in [6, 6.07) is 74.5. The van der Waals surface area contributed by atoms with Gasteiger partial charge >= 0.3 is 0 Å². The van der Waals surface area contributed by atoms with Crippen LogP contribution in [0.2, 0.25) is 0 Å². The fourth-order valence-electron chi connectivity index (χ4n) is 8.92. The zero-order valence-corrected chi connectivity index (χ0v) is 31.2. The van der Waals surface area contributed by atoms with Crippen molar-refractivity contribution in [3.63, 3.8) is 0 Å². The summed E-state index contributed by atoms with van der Waals surface area (Å²) < 4.78 is 0. The molecule has 3 heteroatoms. The molecule has 9 aromatic rings. The minimum atomic E-state index is -0.421. The maximum atomic E-state index is 5.15. The van der Waals surface area contributed by atoms with Crippen LogP contribution in [0.15, 0.2) is 216 Å². The van der Waals surface area contributed by atoms with E-state index in [2.05, 4.69) is 182 Å². The van der Waals surface area contributed by atoms with Gasteiger partial charge in [-0.05, 0) is 86.0 Å². The highest BCUT2D eigenvalue weighted by molar-refractivity contribution is 7.99. The minimum absolute atomic E-state index is 0.421. The summed E-state index contributed by atoms with van der Waals surface area (Å²) >= 11 is 1.88. The Morgan fingerprint density at radius 1 is 0.304 bits per heavy atom. The smallest absolute Gasteiger partial charge is 0.160 e. The Balaban J connectivity index is 1.07. The van der Waals surface area contributed by atoms with E-state index in [-0.39, 0.29) is 0 Å². The quantitative estimate of drug-likeness (QED) is 0.176. The van der Waals surface area contributed by atoms with Gasteiger partial charge in [-0.25, -0.2) is 9.97 Å². The fourth-order valence-corrected chi connectivity index (χ4v) is 10.1. The van der Waals surface area contributed by atoms with Crippen LogP contribution in [0.25, 0.3) is 67.3 Å².